The first-order chi connectivity index (χ1) is 3.31. The Morgan fingerprint density at radius 2 is 2.43 bits per heavy atom. The van der Waals surface area contributed by atoms with Crippen LogP contribution < -0.4 is 5.73 Å². The minimum absolute atomic E-state index is 0.387. The van der Waals surface area contributed by atoms with Gasteiger partial charge in [0.05, 0.1) is 5.04 Å². The molecule has 0 radical (unpaired) electrons. The van der Waals surface area contributed by atoms with E-state index in [2.05, 4.69) is 0 Å². The molecular weight excluding hydrogens is 108 g/mol. The second-order valence-electron chi connectivity index (χ2n) is 1.06. The van der Waals surface area contributed by atoms with E-state index < -0.39 is 0 Å². The van der Waals surface area contributed by atoms with Crippen LogP contribution in [0.4, 0.5) is 0 Å². The molecule has 0 unspecified atom stereocenters. The molecule has 0 aliphatic heterocycles. The molecule has 0 saturated heterocycles. The Labute approximate surface area is 48.0 Å². The molecular formula is C4H10N2S. The average Bonchev–Trinajstić information content (AvgIpc) is 1.68. The number of thioether (sulfide) groups is 1. The monoisotopic (exact) mass is 118 g/mol. The van der Waals surface area contributed by atoms with Crippen LogP contribution in [0.3, 0.4) is 0 Å². The van der Waals surface area contributed by atoms with Gasteiger partial charge in [0, 0.05) is 6.54 Å². The summed E-state index contributed by atoms with van der Waals surface area (Å²) in [5.74, 6) is 0.954. The molecule has 0 fully saturated rings. The first kappa shape index (κ1) is 6.98. The van der Waals surface area contributed by atoms with E-state index in [4.69, 9.17) is 11.1 Å². The maximum absolute atomic E-state index is 6.98. The molecule has 0 aliphatic carbocycles. The average molecular weight is 118 g/mol. The van der Waals surface area contributed by atoms with Crippen LogP contribution in [0.25, 0.3) is 0 Å². The van der Waals surface area contributed by atoms with Crippen molar-refractivity contribution in [3.63, 3.8) is 0 Å². The zero-order valence-electron chi connectivity index (χ0n) is 4.40. The lowest BCUT2D eigenvalue weighted by Crippen LogP contribution is -2.08. The molecule has 7 heavy (non-hydrogen) atoms. The molecule has 0 aromatic carbocycles. The van der Waals surface area contributed by atoms with E-state index in [0.717, 1.165) is 5.75 Å². The molecule has 0 aliphatic rings. The molecule has 0 heterocycles. The molecule has 0 aromatic heterocycles. The maximum Gasteiger partial charge on any atom is 0.0777 e. The first-order valence-corrected chi connectivity index (χ1v) is 3.20. The molecule has 0 saturated carbocycles. The zero-order valence-corrected chi connectivity index (χ0v) is 5.22. The fourth-order valence-electron chi connectivity index (χ4n) is 0.233. The van der Waals surface area contributed by atoms with Gasteiger partial charge in [-0.1, -0.05) is 6.92 Å². The third kappa shape index (κ3) is 3.82. The van der Waals surface area contributed by atoms with E-state index in [-0.39, 0.29) is 0 Å². The van der Waals surface area contributed by atoms with Gasteiger partial charge in [0.25, 0.3) is 0 Å². The van der Waals surface area contributed by atoms with Crippen molar-refractivity contribution in [2.75, 3.05) is 12.3 Å². The van der Waals surface area contributed by atoms with Gasteiger partial charge in [0.1, 0.15) is 0 Å². The fourth-order valence-corrected chi connectivity index (χ4v) is 0.699. The Bertz CT molecular complexity index is 62.7. The summed E-state index contributed by atoms with van der Waals surface area (Å²) in [7, 11) is 0. The van der Waals surface area contributed by atoms with Gasteiger partial charge in [-0.2, -0.15) is 0 Å². The SMILES string of the molecule is CCSC(=N)CN. The smallest absolute Gasteiger partial charge is 0.0777 e. The predicted octanol–water partition coefficient (Wildman–Crippen LogP) is 0.675. The van der Waals surface area contributed by atoms with E-state index in [0.29, 0.717) is 11.6 Å². The van der Waals surface area contributed by atoms with Crippen LogP contribution in [0.15, 0.2) is 0 Å². The van der Waals surface area contributed by atoms with Crippen LogP contribution in [0.1, 0.15) is 6.92 Å². The summed E-state index contributed by atoms with van der Waals surface area (Å²) >= 11 is 1.49. The highest BCUT2D eigenvalue weighted by Crippen LogP contribution is 1.97. The molecule has 3 N–H and O–H groups in total. The first-order valence-electron chi connectivity index (χ1n) is 2.21. The lowest BCUT2D eigenvalue weighted by Gasteiger charge is -1.91. The van der Waals surface area contributed by atoms with Crippen LogP contribution >= 0.6 is 11.8 Å². The topological polar surface area (TPSA) is 49.9 Å². The Balaban J connectivity index is 3.00. The summed E-state index contributed by atoms with van der Waals surface area (Å²) in [5, 5.41) is 7.55. The van der Waals surface area contributed by atoms with Crippen molar-refractivity contribution < 1.29 is 0 Å². The number of rotatable bonds is 2. The highest BCUT2D eigenvalue weighted by molar-refractivity contribution is 8.13. The molecule has 0 spiro atoms. The van der Waals surface area contributed by atoms with Crippen molar-refractivity contribution in [3.8, 4) is 0 Å². The molecule has 3 heteroatoms. The van der Waals surface area contributed by atoms with Gasteiger partial charge in [-0.3, -0.25) is 5.41 Å². The van der Waals surface area contributed by atoms with E-state index in [1.165, 1.54) is 11.8 Å². The summed E-state index contributed by atoms with van der Waals surface area (Å²) in [6, 6.07) is 0. The van der Waals surface area contributed by atoms with Gasteiger partial charge in [-0.25, -0.2) is 0 Å². The molecule has 0 rings (SSSR count). The standard InChI is InChI=1S/C4H10N2S/c1-2-7-4(6)3-5/h6H,2-3,5H2,1H3. The van der Waals surface area contributed by atoms with Gasteiger partial charge in [-0.05, 0) is 5.75 Å². The molecule has 2 nitrogen and oxygen atoms in total. The van der Waals surface area contributed by atoms with Crippen molar-refractivity contribution in [2.45, 2.75) is 6.92 Å². The Kier molecular flexibility index (Phi) is 4.14. The Hall–Kier alpha value is -0.0200. The molecule has 0 amide bonds. The quantitative estimate of drug-likeness (QED) is 0.413. The predicted molar refractivity (Wildman–Crippen MR) is 34.9 cm³/mol. The second-order valence-corrected chi connectivity index (χ2v) is 2.42. The Morgan fingerprint density at radius 3 is 2.57 bits per heavy atom. The van der Waals surface area contributed by atoms with E-state index in [1.807, 2.05) is 6.92 Å². The number of nitrogens with two attached hydrogens (primary N) is 1. The van der Waals surface area contributed by atoms with Crippen LogP contribution in [-0.2, 0) is 0 Å². The van der Waals surface area contributed by atoms with Crippen LogP contribution in [0, 0.1) is 5.41 Å². The minimum Gasteiger partial charge on any atom is -0.325 e. The van der Waals surface area contributed by atoms with Crippen molar-refractivity contribution in [1.82, 2.24) is 0 Å². The highest BCUT2D eigenvalue weighted by atomic mass is 32.2. The van der Waals surface area contributed by atoms with Crippen LogP contribution in [-0.4, -0.2) is 17.3 Å². The zero-order chi connectivity index (χ0) is 5.70. The third-order valence-corrected chi connectivity index (χ3v) is 1.31. The summed E-state index contributed by atoms with van der Waals surface area (Å²) in [5.41, 5.74) is 5.11. The van der Waals surface area contributed by atoms with E-state index in [1.54, 1.807) is 0 Å². The Morgan fingerprint density at radius 1 is 1.86 bits per heavy atom. The lowest BCUT2D eigenvalue weighted by atomic mass is 10.8. The highest BCUT2D eigenvalue weighted by Gasteiger charge is 1.86. The summed E-state index contributed by atoms with van der Waals surface area (Å²) in [6.45, 7) is 2.40. The van der Waals surface area contributed by atoms with Crippen molar-refractivity contribution in [1.29, 1.82) is 5.41 Å². The van der Waals surface area contributed by atoms with Gasteiger partial charge in [-0.15, -0.1) is 11.8 Å². The van der Waals surface area contributed by atoms with Gasteiger partial charge >= 0.3 is 0 Å². The number of hydrogen-bond acceptors (Lipinski definition) is 3. The normalized spacial score (nSPS) is 8.86. The van der Waals surface area contributed by atoms with Gasteiger partial charge < -0.3 is 5.73 Å². The van der Waals surface area contributed by atoms with Gasteiger partial charge in [0.2, 0.25) is 0 Å². The summed E-state index contributed by atoms with van der Waals surface area (Å²) < 4.78 is 0. The number of hydrogen-bond donors (Lipinski definition) is 2. The maximum atomic E-state index is 6.98. The molecule has 0 atom stereocenters. The van der Waals surface area contributed by atoms with Gasteiger partial charge in [0.15, 0.2) is 0 Å². The number of nitrogens with one attached hydrogen (secondary N) is 1. The molecule has 42 valence electrons. The van der Waals surface area contributed by atoms with Crippen molar-refractivity contribution >= 4 is 16.8 Å². The largest absolute Gasteiger partial charge is 0.325 e. The van der Waals surface area contributed by atoms with Crippen LogP contribution in [0.2, 0.25) is 0 Å². The van der Waals surface area contributed by atoms with Crippen LogP contribution in [0.5, 0.6) is 0 Å². The van der Waals surface area contributed by atoms with E-state index >= 15 is 0 Å². The fraction of sp³-hybridized carbons (Fsp3) is 0.750. The second kappa shape index (κ2) is 4.15. The summed E-state index contributed by atoms with van der Waals surface area (Å²) in [4.78, 5) is 0. The molecule has 0 aromatic rings. The third-order valence-electron chi connectivity index (χ3n) is 0.504. The lowest BCUT2D eigenvalue weighted by molar-refractivity contribution is 1.30. The molecule has 0 bridgehead atoms. The minimum atomic E-state index is 0.387. The van der Waals surface area contributed by atoms with Crippen molar-refractivity contribution in [3.05, 3.63) is 0 Å². The van der Waals surface area contributed by atoms with Crippen molar-refractivity contribution in [2.24, 2.45) is 5.73 Å². The van der Waals surface area contributed by atoms with E-state index in [9.17, 15) is 0 Å². The summed E-state index contributed by atoms with van der Waals surface area (Å²) in [6.07, 6.45) is 0.